The van der Waals surface area contributed by atoms with Crippen molar-refractivity contribution in [3.8, 4) is 0 Å². The van der Waals surface area contributed by atoms with E-state index in [1.54, 1.807) is 0 Å². The number of halogens is 1. The van der Waals surface area contributed by atoms with Gasteiger partial charge in [-0.15, -0.1) is 0 Å². The minimum atomic E-state index is 0.457. The summed E-state index contributed by atoms with van der Waals surface area (Å²) in [4.78, 5) is 0. The van der Waals surface area contributed by atoms with Gasteiger partial charge in [-0.2, -0.15) is 0 Å². The third-order valence-electron chi connectivity index (χ3n) is 2.41. The van der Waals surface area contributed by atoms with Crippen LogP contribution in [0.3, 0.4) is 0 Å². The number of ether oxygens (including phenoxy) is 1. The molecule has 0 radical (unpaired) electrons. The maximum Gasteiger partial charge on any atom is 0.0678 e. The van der Waals surface area contributed by atoms with Crippen LogP contribution in [0, 0.1) is 5.41 Å². The van der Waals surface area contributed by atoms with Crippen LogP contribution in [0.1, 0.15) is 26.7 Å². The molecule has 0 aromatic heterocycles. The molecule has 2 atom stereocenters. The molecule has 1 heterocycles. The molecule has 0 amide bonds. The van der Waals surface area contributed by atoms with E-state index in [0.717, 1.165) is 11.9 Å². The number of hydrogen-bond acceptors (Lipinski definition) is 1. The predicted octanol–water partition coefficient (Wildman–Crippen LogP) is 2.59. The van der Waals surface area contributed by atoms with Crippen LogP contribution in [-0.2, 0) is 4.74 Å². The van der Waals surface area contributed by atoms with Crippen molar-refractivity contribution in [3.63, 3.8) is 0 Å². The smallest absolute Gasteiger partial charge is 0.0678 e. The Morgan fingerprint density at radius 2 is 2.40 bits per heavy atom. The van der Waals surface area contributed by atoms with Crippen LogP contribution in [-0.4, -0.2) is 18.0 Å². The molecule has 0 saturated carbocycles. The molecule has 1 fully saturated rings. The van der Waals surface area contributed by atoms with E-state index in [4.69, 9.17) is 4.74 Å². The zero-order valence-electron chi connectivity index (χ0n) is 6.69. The van der Waals surface area contributed by atoms with E-state index >= 15 is 0 Å². The predicted molar refractivity (Wildman–Crippen MR) is 46.5 cm³/mol. The Bertz CT molecular complexity index is 116. The third kappa shape index (κ3) is 1.73. The summed E-state index contributed by atoms with van der Waals surface area (Å²) in [5.41, 5.74) is 0.457. The largest absolute Gasteiger partial charge is 0.377 e. The molecule has 0 unspecified atom stereocenters. The molecule has 0 aliphatic carbocycles. The van der Waals surface area contributed by atoms with E-state index in [0.29, 0.717) is 11.5 Å². The fourth-order valence-corrected chi connectivity index (χ4v) is 1.75. The second-order valence-corrected chi connectivity index (χ2v) is 4.10. The molecule has 1 rings (SSSR count). The van der Waals surface area contributed by atoms with Crippen LogP contribution < -0.4 is 0 Å². The van der Waals surface area contributed by atoms with Crippen molar-refractivity contribution in [2.45, 2.75) is 32.8 Å². The van der Waals surface area contributed by atoms with Crippen molar-refractivity contribution >= 4 is 15.9 Å². The highest BCUT2D eigenvalue weighted by Gasteiger charge is 2.33. The van der Waals surface area contributed by atoms with Crippen LogP contribution in [0.25, 0.3) is 0 Å². The second kappa shape index (κ2) is 3.22. The maximum atomic E-state index is 5.56. The normalized spacial score (nSPS) is 40.5. The van der Waals surface area contributed by atoms with Gasteiger partial charge in [-0.05, 0) is 18.3 Å². The summed E-state index contributed by atoms with van der Waals surface area (Å²) in [6, 6.07) is 0. The Labute approximate surface area is 71.3 Å². The average molecular weight is 207 g/mol. The lowest BCUT2D eigenvalue weighted by atomic mass is 9.85. The molecule has 1 aliphatic rings. The molecule has 1 nitrogen and oxygen atoms in total. The molecule has 0 aromatic carbocycles. The Hall–Kier alpha value is 0.440. The van der Waals surface area contributed by atoms with E-state index in [1.807, 2.05) is 0 Å². The molecule has 10 heavy (non-hydrogen) atoms. The van der Waals surface area contributed by atoms with Gasteiger partial charge in [0.2, 0.25) is 0 Å². The van der Waals surface area contributed by atoms with Gasteiger partial charge < -0.3 is 4.74 Å². The summed E-state index contributed by atoms with van der Waals surface area (Å²) < 4.78 is 5.56. The molecule has 60 valence electrons. The Balaban J connectivity index is 2.41. The van der Waals surface area contributed by atoms with Gasteiger partial charge in [0.05, 0.1) is 12.7 Å². The van der Waals surface area contributed by atoms with Gasteiger partial charge in [0.25, 0.3) is 0 Å². The molecular weight excluding hydrogens is 192 g/mol. The van der Waals surface area contributed by atoms with Gasteiger partial charge in [-0.3, -0.25) is 0 Å². The minimum absolute atomic E-state index is 0.457. The van der Waals surface area contributed by atoms with Crippen LogP contribution >= 0.6 is 15.9 Å². The van der Waals surface area contributed by atoms with E-state index in [2.05, 4.69) is 29.8 Å². The molecule has 0 N–H and O–H groups in total. The Morgan fingerprint density at radius 1 is 1.70 bits per heavy atom. The Morgan fingerprint density at radius 3 is 2.70 bits per heavy atom. The Kier molecular flexibility index (Phi) is 2.75. The zero-order valence-corrected chi connectivity index (χ0v) is 8.28. The number of hydrogen-bond donors (Lipinski definition) is 0. The zero-order chi connectivity index (χ0) is 7.61. The van der Waals surface area contributed by atoms with E-state index in [9.17, 15) is 0 Å². The van der Waals surface area contributed by atoms with Gasteiger partial charge in [-0.25, -0.2) is 0 Å². The SMILES string of the molecule is CC[C@@]1(C)CO[C@H](CBr)C1. The van der Waals surface area contributed by atoms with Crippen molar-refractivity contribution in [1.82, 2.24) is 0 Å². The first kappa shape index (κ1) is 8.54. The lowest BCUT2D eigenvalue weighted by molar-refractivity contribution is 0.111. The fourth-order valence-electron chi connectivity index (χ4n) is 1.33. The van der Waals surface area contributed by atoms with E-state index in [1.165, 1.54) is 12.8 Å². The van der Waals surface area contributed by atoms with Crippen molar-refractivity contribution in [2.24, 2.45) is 5.41 Å². The summed E-state index contributed by atoms with van der Waals surface area (Å²) in [6.45, 7) is 5.48. The molecule has 0 spiro atoms. The molecule has 1 saturated heterocycles. The topological polar surface area (TPSA) is 9.23 Å². The summed E-state index contributed by atoms with van der Waals surface area (Å²) in [5.74, 6) is 0. The van der Waals surface area contributed by atoms with Gasteiger partial charge in [0.15, 0.2) is 0 Å². The van der Waals surface area contributed by atoms with Crippen LogP contribution in [0.2, 0.25) is 0 Å². The van der Waals surface area contributed by atoms with Crippen molar-refractivity contribution in [1.29, 1.82) is 0 Å². The molecule has 0 bridgehead atoms. The molecule has 1 aliphatic heterocycles. The first-order chi connectivity index (χ1) is 4.70. The van der Waals surface area contributed by atoms with E-state index < -0.39 is 0 Å². The first-order valence-corrected chi connectivity index (χ1v) is 5.00. The summed E-state index contributed by atoms with van der Waals surface area (Å²) in [6.07, 6.45) is 2.91. The van der Waals surface area contributed by atoms with E-state index in [-0.39, 0.29) is 0 Å². The average Bonchev–Trinajstić information content (AvgIpc) is 2.33. The van der Waals surface area contributed by atoms with Crippen LogP contribution in [0.5, 0.6) is 0 Å². The van der Waals surface area contributed by atoms with Crippen molar-refractivity contribution in [2.75, 3.05) is 11.9 Å². The fraction of sp³-hybridized carbons (Fsp3) is 1.00. The first-order valence-electron chi connectivity index (χ1n) is 3.88. The highest BCUT2D eigenvalue weighted by atomic mass is 79.9. The molecular formula is C8H15BrO. The highest BCUT2D eigenvalue weighted by molar-refractivity contribution is 9.09. The summed E-state index contributed by atoms with van der Waals surface area (Å²) >= 11 is 3.43. The van der Waals surface area contributed by atoms with Crippen LogP contribution in [0.15, 0.2) is 0 Å². The lowest BCUT2D eigenvalue weighted by Crippen LogP contribution is -2.14. The van der Waals surface area contributed by atoms with Crippen molar-refractivity contribution < 1.29 is 4.74 Å². The van der Waals surface area contributed by atoms with Gasteiger partial charge in [0, 0.05) is 5.33 Å². The monoisotopic (exact) mass is 206 g/mol. The lowest BCUT2D eigenvalue weighted by Gasteiger charge is -2.18. The van der Waals surface area contributed by atoms with Gasteiger partial charge in [0.1, 0.15) is 0 Å². The number of rotatable bonds is 2. The van der Waals surface area contributed by atoms with Crippen molar-refractivity contribution in [3.05, 3.63) is 0 Å². The number of alkyl halides is 1. The standard InChI is InChI=1S/C8H15BrO/c1-3-8(2)4-7(5-9)10-6-8/h7H,3-6H2,1-2H3/t7-,8+/m0/s1. The molecule has 0 aromatic rings. The summed E-state index contributed by atoms with van der Waals surface area (Å²) in [7, 11) is 0. The highest BCUT2D eigenvalue weighted by Crippen LogP contribution is 2.35. The quantitative estimate of drug-likeness (QED) is 0.632. The van der Waals surface area contributed by atoms with Crippen LogP contribution in [0.4, 0.5) is 0 Å². The minimum Gasteiger partial charge on any atom is -0.377 e. The van der Waals surface area contributed by atoms with Gasteiger partial charge >= 0.3 is 0 Å². The summed E-state index contributed by atoms with van der Waals surface area (Å²) in [5, 5.41) is 0.989. The third-order valence-corrected chi connectivity index (χ3v) is 3.14. The second-order valence-electron chi connectivity index (χ2n) is 3.46. The molecule has 2 heteroatoms. The maximum absolute atomic E-state index is 5.56. The van der Waals surface area contributed by atoms with Gasteiger partial charge in [-0.1, -0.05) is 29.8 Å².